The predicted octanol–water partition coefficient (Wildman–Crippen LogP) is 4.01. The molecule has 11 amide bonds. The van der Waals surface area contributed by atoms with Gasteiger partial charge in [0.1, 0.15) is 36.8 Å². The first-order chi connectivity index (χ1) is 65.8. The molecule has 1 fully saturated rings. The first-order valence-corrected chi connectivity index (χ1v) is 48.9. The van der Waals surface area contributed by atoms with E-state index in [2.05, 4.69) is 21.3 Å². The quantitative estimate of drug-likeness (QED) is 0.0409. The highest BCUT2D eigenvalue weighted by Crippen LogP contribution is 2.32. The van der Waals surface area contributed by atoms with E-state index in [4.69, 9.17) is 5.11 Å². The molecule has 1 saturated heterocycles. The van der Waals surface area contributed by atoms with Gasteiger partial charge in [-0.15, -0.1) is 0 Å². The van der Waals surface area contributed by atoms with Gasteiger partial charge in [0.15, 0.2) is 34.7 Å². The number of nitrogens with zero attached hydrogens (tertiary/aromatic N) is 7. The second-order valence-electron chi connectivity index (χ2n) is 40.5. The first-order valence-electron chi connectivity index (χ1n) is 48.9. The summed E-state index contributed by atoms with van der Waals surface area (Å²) in [5, 5.41) is 92.8. The van der Waals surface area contributed by atoms with Gasteiger partial charge in [0.2, 0.25) is 65.0 Å². The second-order valence-corrected chi connectivity index (χ2v) is 40.5. The van der Waals surface area contributed by atoms with E-state index in [-0.39, 0.29) is 75.2 Å². The Bertz CT molecular complexity index is 4400. The van der Waals surface area contributed by atoms with Gasteiger partial charge in [-0.05, 0) is 132 Å². The smallest absolute Gasteiger partial charge is 0.322 e. The highest BCUT2D eigenvalue weighted by atomic mass is 16.4. The number of aliphatic hydroxyl groups is 1. The van der Waals surface area contributed by atoms with Gasteiger partial charge in [-0.25, -0.2) is 0 Å². The number of hydrogen-bond acceptors (Lipinski definition) is 26. The number of likely N-dealkylation sites (N-methyl/N-ethyl adjacent to an activating group) is 7. The number of nitrogens with one attached hydrogen (secondary N) is 5. The van der Waals surface area contributed by atoms with Crippen molar-refractivity contribution in [3.63, 3.8) is 0 Å². The van der Waals surface area contributed by atoms with E-state index >= 15 is 19.2 Å². The lowest BCUT2D eigenvalue weighted by Gasteiger charge is -2.41. The Labute approximate surface area is 831 Å². The van der Waals surface area contributed by atoms with Gasteiger partial charge in [0.05, 0.1) is 42.9 Å². The zero-order chi connectivity index (χ0) is 109. The zero-order valence-electron chi connectivity index (χ0n) is 87.0. The summed E-state index contributed by atoms with van der Waals surface area (Å²) in [6, 6.07) is -15.0. The maximum absolute atomic E-state index is 15.8. The zero-order valence-corrected chi connectivity index (χ0v) is 87.0. The predicted molar refractivity (Wildman–Crippen MR) is 514 cm³/mol. The van der Waals surface area contributed by atoms with Crippen LogP contribution in [0.1, 0.15) is 265 Å². The number of amides is 11. The molecule has 44 heteroatoms. The molecular weight excluding hydrogens is 1860 g/mol. The monoisotopic (exact) mass is 2020 g/mol. The van der Waals surface area contributed by atoms with E-state index in [1.165, 1.54) is 89.7 Å². The minimum Gasteiger partial charge on any atom is -0.481 e. The van der Waals surface area contributed by atoms with E-state index in [0.717, 1.165) is 14.7 Å². The summed E-state index contributed by atoms with van der Waals surface area (Å²) >= 11 is 0. The minimum atomic E-state index is -1.96. The first kappa shape index (κ1) is 128. The van der Waals surface area contributed by atoms with Gasteiger partial charge in [-0.1, -0.05) is 104 Å². The van der Waals surface area contributed by atoms with Gasteiger partial charge < -0.3 is 102 Å². The molecule has 0 aromatic carbocycles. The number of carboxylic acid groups (broad SMARTS) is 7. The molecule has 18 atom stereocenters. The molecule has 142 heavy (non-hydrogen) atoms. The lowest BCUT2D eigenvalue weighted by atomic mass is 9.84. The number of Topliss-reactive ketones (excluding diaryl/α,β-unsaturated/α-hetero) is 6. The van der Waals surface area contributed by atoms with Crippen LogP contribution in [0.4, 0.5) is 0 Å². The third-order valence-corrected chi connectivity index (χ3v) is 26.0. The highest BCUT2D eigenvalue weighted by molar-refractivity contribution is 6.02. The van der Waals surface area contributed by atoms with Crippen molar-refractivity contribution in [3.05, 3.63) is 0 Å². The molecule has 804 valence electrons. The van der Waals surface area contributed by atoms with Crippen molar-refractivity contribution in [3.8, 4) is 0 Å². The third-order valence-electron chi connectivity index (χ3n) is 26.0. The standard InChI is InChI=1S/C98H160N12O32/c1-24-60-44-77(116)87(88(132)57(14)37-38-99-65(28-34-82(124)125)72(111)46-62(26-32-80(120)121)91(135)103-67(30-36-84(128)129)74(113)47-63(27-33-81(122)123)92(136)102-66(29-35-83(126)127)73(112)45-61(25-31-79(118)119)90(134)100-49-85(130)131)110(23)98(142)86(56(12)13)109(22)97(141)71(42-54(8)9)108(21)96(140)70(41-53(6)7)107(20)93(137)59(16)101-89(133)58(15)43-75(114)69(40-52(4)5)106(19)95(139)64(55(10)11)48-76(115)68(39-51(2)3)105(18)78(117)50-104(17)94(60)138/h51-71,86-88,99,132H,24-50H2,1-23H3,(H,100,134)(H,101,133)(H,102,136)(H,103,135)(H,118,119)(H,120,121)(H,122,123)(H,124,125)(H,126,127)(H,128,129)(H,130,131)/t57-,58-,59-,60-,61+,62+,63+,64+,65-,66-,67-,68+,69+,70+,71+,86+,87-,88-/m1/s1. The molecule has 1 rings (SSSR count). The maximum atomic E-state index is 15.8. The van der Waals surface area contributed by atoms with Crippen LogP contribution in [0.25, 0.3) is 0 Å². The van der Waals surface area contributed by atoms with Gasteiger partial charge in [-0.2, -0.15) is 0 Å². The van der Waals surface area contributed by atoms with Gasteiger partial charge >= 0.3 is 41.8 Å². The normalized spacial score (nSPS) is 21.9. The number of carbonyl (C=O) groups is 24. The summed E-state index contributed by atoms with van der Waals surface area (Å²) < 4.78 is 0. The minimum absolute atomic E-state index is 0.0233. The topological polar surface area (TPSA) is 654 Å². The van der Waals surface area contributed by atoms with Gasteiger partial charge in [0, 0.05) is 162 Å². The number of rotatable bonds is 51. The molecule has 1 aliphatic heterocycles. The van der Waals surface area contributed by atoms with Crippen molar-refractivity contribution in [2.24, 2.45) is 76.9 Å². The van der Waals surface area contributed by atoms with Crippen LogP contribution < -0.4 is 26.6 Å². The fraction of sp³-hybridized carbons (Fsp3) is 0.755. The molecule has 0 saturated carbocycles. The Morgan fingerprint density at radius 3 is 1.13 bits per heavy atom. The number of hydrogen-bond donors (Lipinski definition) is 13. The molecule has 0 aromatic heterocycles. The summed E-state index contributed by atoms with van der Waals surface area (Å²) in [6.07, 6.45) is -15.4. The molecule has 0 aromatic rings. The Morgan fingerprint density at radius 1 is 0.380 bits per heavy atom. The van der Waals surface area contributed by atoms with E-state index in [1.807, 2.05) is 33.0 Å². The number of carboxylic acids is 7. The highest BCUT2D eigenvalue weighted by Gasteiger charge is 2.47. The van der Waals surface area contributed by atoms with Crippen LogP contribution >= 0.6 is 0 Å². The molecule has 0 spiro atoms. The molecule has 0 aliphatic carbocycles. The van der Waals surface area contributed by atoms with Crippen molar-refractivity contribution in [1.82, 2.24) is 60.9 Å². The van der Waals surface area contributed by atoms with Crippen LogP contribution in [0.15, 0.2) is 0 Å². The van der Waals surface area contributed by atoms with E-state index in [0.29, 0.717) is 0 Å². The Kier molecular flexibility index (Phi) is 56.1. The average molecular weight is 2020 g/mol. The Balaban J connectivity index is 4.42. The number of ketones is 6. The van der Waals surface area contributed by atoms with E-state index < -0.39 is 383 Å². The molecular formula is C98H160N12O32. The van der Waals surface area contributed by atoms with E-state index in [1.54, 1.807) is 62.3 Å². The van der Waals surface area contributed by atoms with E-state index in [9.17, 15) is 132 Å². The Hall–Kier alpha value is -11.6. The molecule has 0 radical (unpaired) electrons. The number of aliphatic hydroxyl groups excluding tert-OH is 1. The van der Waals surface area contributed by atoms with Crippen LogP contribution in [0, 0.1) is 76.9 Å². The second kappa shape index (κ2) is 62.1. The van der Waals surface area contributed by atoms with Crippen molar-refractivity contribution in [2.75, 3.05) is 69.0 Å². The van der Waals surface area contributed by atoms with Gasteiger partial charge in [-0.3, -0.25) is 115 Å². The lowest BCUT2D eigenvalue weighted by molar-refractivity contribution is -0.157. The van der Waals surface area contributed by atoms with Crippen LogP contribution in [0.3, 0.4) is 0 Å². The lowest BCUT2D eigenvalue weighted by Crippen LogP contribution is -2.62. The largest absolute Gasteiger partial charge is 0.481 e. The molecule has 0 bridgehead atoms. The molecule has 1 heterocycles. The average Bonchev–Trinajstić information content (AvgIpc) is 0.796. The maximum Gasteiger partial charge on any atom is 0.322 e. The summed E-state index contributed by atoms with van der Waals surface area (Å²) in [5.74, 6) is -37.3. The summed E-state index contributed by atoms with van der Waals surface area (Å²) in [5.41, 5.74) is 0. The summed E-state index contributed by atoms with van der Waals surface area (Å²) in [6.45, 7) is 25.0. The van der Waals surface area contributed by atoms with Crippen molar-refractivity contribution in [2.45, 2.75) is 331 Å². The van der Waals surface area contributed by atoms with Crippen LogP contribution in [-0.4, -0.2) is 352 Å². The van der Waals surface area contributed by atoms with Crippen LogP contribution in [-0.2, 0) is 115 Å². The Morgan fingerprint density at radius 2 is 0.739 bits per heavy atom. The van der Waals surface area contributed by atoms with Crippen molar-refractivity contribution >= 4 is 141 Å². The fourth-order valence-electron chi connectivity index (χ4n) is 17.4. The third kappa shape index (κ3) is 43.3. The fourth-order valence-corrected chi connectivity index (χ4v) is 17.4. The van der Waals surface area contributed by atoms with Gasteiger partial charge in [0.25, 0.3) is 0 Å². The molecule has 44 nitrogen and oxygen atoms in total. The molecule has 0 unspecified atom stereocenters. The van der Waals surface area contributed by atoms with Crippen LogP contribution in [0.5, 0.6) is 0 Å². The molecule has 1 aliphatic rings. The van der Waals surface area contributed by atoms with Crippen LogP contribution in [0.2, 0.25) is 0 Å². The van der Waals surface area contributed by atoms with Crippen molar-refractivity contribution in [1.29, 1.82) is 0 Å². The number of carbonyl (C=O) groups excluding carboxylic acids is 17. The molecule has 13 N–H and O–H groups in total. The number of aliphatic carboxylic acids is 7. The summed E-state index contributed by atoms with van der Waals surface area (Å²) in [7, 11) is 9.33. The summed E-state index contributed by atoms with van der Waals surface area (Å²) in [4.78, 5) is 342. The van der Waals surface area contributed by atoms with Crippen molar-refractivity contribution < 1.29 is 156 Å². The SMILES string of the molecule is CC[C@@H]1CC(=O)[C@H]([C@H](O)[C@H](C)CCN[C@H](CCC(=O)O)C(=O)C[C@H](CCC(=O)O)C(=O)N[C@H](CCC(=O)O)C(=O)C[C@H](CCC(=O)O)C(=O)N[C@H](CCC(=O)O)C(=O)C[C@H](CCC(=O)O)C(=O)NCC(=O)O)N(C)C(=O)[C@H](C(C)C)N(C)C(=O)[C@H](CC(C)C)N(C)C(=O)[C@H](CC(C)C)N(C)C(=O)[C@@H](C)NC(=O)[C@H](C)CC(=O)[C@H](CC(C)C)N(C)C(=O)[C@H](C(C)C)CC(=O)[C@H](CC(C)C)N(C)C(=O)CN(C)C1=O.